The van der Waals surface area contributed by atoms with Crippen molar-refractivity contribution in [3.63, 3.8) is 0 Å². The van der Waals surface area contributed by atoms with Crippen LogP contribution in [0.5, 0.6) is 0 Å². The molecule has 0 N–H and O–H groups in total. The predicted molar refractivity (Wildman–Crippen MR) is 88.4 cm³/mol. The highest BCUT2D eigenvalue weighted by Gasteiger charge is 2.41. The molecule has 0 aromatic carbocycles. The Hall–Kier alpha value is -0.570. The molecule has 1 aliphatic heterocycles. The zero-order chi connectivity index (χ0) is 15.6. The number of unbranched alkanes of at least 4 members (excludes halogenated alkanes) is 4. The molecule has 0 unspecified atom stereocenters. The van der Waals surface area contributed by atoms with E-state index in [1.165, 1.54) is 64.5 Å². The van der Waals surface area contributed by atoms with Gasteiger partial charge in [0.15, 0.2) is 0 Å². The van der Waals surface area contributed by atoms with E-state index in [-0.39, 0.29) is 5.97 Å². The number of ether oxygens (including phenoxy) is 1. The van der Waals surface area contributed by atoms with Crippen LogP contribution in [0, 0.1) is 5.41 Å². The smallest absolute Gasteiger partial charge is 0.307 e. The fourth-order valence-corrected chi connectivity index (χ4v) is 3.48. The molecule has 0 amide bonds. The van der Waals surface area contributed by atoms with Gasteiger partial charge < -0.3 is 9.64 Å². The van der Waals surface area contributed by atoms with Crippen LogP contribution in [0.25, 0.3) is 0 Å². The highest BCUT2D eigenvalue weighted by molar-refractivity contribution is 5.69. The molecule has 3 nitrogen and oxygen atoms in total. The van der Waals surface area contributed by atoms with Gasteiger partial charge in [0.25, 0.3) is 0 Å². The predicted octanol–water partition coefficient (Wildman–Crippen LogP) is 4.40. The topological polar surface area (TPSA) is 29.5 Å². The maximum absolute atomic E-state index is 11.4. The molecule has 0 saturated carbocycles. The third-order valence-electron chi connectivity index (χ3n) is 4.68. The van der Waals surface area contributed by atoms with Gasteiger partial charge in [-0.25, -0.2) is 0 Å². The van der Waals surface area contributed by atoms with E-state index in [1.807, 2.05) is 6.92 Å². The molecule has 3 heteroatoms. The van der Waals surface area contributed by atoms with Crippen LogP contribution in [0.15, 0.2) is 0 Å². The van der Waals surface area contributed by atoms with Crippen LogP contribution in [0.2, 0.25) is 0 Å². The van der Waals surface area contributed by atoms with Crippen molar-refractivity contribution in [2.45, 2.75) is 78.6 Å². The second kappa shape index (κ2) is 10.2. The van der Waals surface area contributed by atoms with Crippen LogP contribution in [0.1, 0.15) is 78.6 Å². The molecular weight excluding hydrogens is 262 g/mol. The second-order valence-electron chi connectivity index (χ2n) is 6.68. The van der Waals surface area contributed by atoms with Crippen LogP contribution < -0.4 is 0 Å². The number of esters is 1. The highest BCUT2D eigenvalue weighted by Crippen LogP contribution is 2.40. The number of nitrogens with zero attached hydrogens (tertiary/aromatic N) is 1. The van der Waals surface area contributed by atoms with Gasteiger partial charge in [-0.2, -0.15) is 0 Å². The first-order chi connectivity index (χ1) is 10.2. The van der Waals surface area contributed by atoms with Gasteiger partial charge in [-0.05, 0) is 25.2 Å². The molecule has 0 aromatic heterocycles. The minimum absolute atomic E-state index is 0.0491. The quantitative estimate of drug-likeness (QED) is 0.395. The Morgan fingerprint density at radius 2 is 1.57 bits per heavy atom. The standard InChI is InChI=1S/C18H35NO2/c1-4-7-9-12-18(13-10-8-5-2)15-19(16-18)14-11-17(20)21-6-3/h4-16H2,1-3H3. The molecule has 0 aromatic rings. The Bertz CT molecular complexity index is 273. The van der Waals surface area contributed by atoms with Crippen molar-refractivity contribution in [3.05, 3.63) is 0 Å². The van der Waals surface area contributed by atoms with Crippen LogP contribution in [0.4, 0.5) is 0 Å². The van der Waals surface area contributed by atoms with Crippen LogP contribution in [-0.4, -0.2) is 37.1 Å². The number of rotatable bonds is 12. The van der Waals surface area contributed by atoms with E-state index in [1.54, 1.807) is 0 Å². The summed E-state index contributed by atoms with van der Waals surface area (Å²) in [6, 6.07) is 0. The molecule has 0 aliphatic carbocycles. The van der Waals surface area contributed by atoms with E-state index in [0.29, 0.717) is 18.4 Å². The van der Waals surface area contributed by atoms with Crippen molar-refractivity contribution in [3.8, 4) is 0 Å². The van der Waals surface area contributed by atoms with Gasteiger partial charge in [-0.3, -0.25) is 4.79 Å². The Morgan fingerprint density at radius 1 is 1.00 bits per heavy atom. The third-order valence-corrected chi connectivity index (χ3v) is 4.68. The Morgan fingerprint density at radius 3 is 2.05 bits per heavy atom. The summed E-state index contributed by atoms with van der Waals surface area (Å²) >= 11 is 0. The van der Waals surface area contributed by atoms with Crippen molar-refractivity contribution >= 4 is 5.97 Å². The van der Waals surface area contributed by atoms with Crippen LogP contribution >= 0.6 is 0 Å². The summed E-state index contributed by atoms with van der Waals surface area (Å²) in [6.45, 7) is 10.2. The molecule has 0 atom stereocenters. The third kappa shape index (κ3) is 6.82. The van der Waals surface area contributed by atoms with Gasteiger partial charge in [0.1, 0.15) is 0 Å². The highest BCUT2D eigenvalue weighted by atomic mass is 16.5. The number of hydrogen-bond acceptors (Lipinski definition) is 3. The molecule has 1 rings (SSSR count). The largest absolute Gasteiger partial charge is 0.466 e. The summed E-state index contributed by atoms with van der Waals surface area (Å²) in [4.78, 5) is 13.9. The Kier molecular flexibility index (Phi) is 8.98. The molecule has 1 heterocycles. The maximum atomic E-state index is 11.4. The lowest BCUT2D eigenvalue weighted by Crippen LogP contribution is -2.56. The number of likely N-dealkylation sites (tertiary alicyclic amines) is 1. The molecule has 124 valence electrons. The Labute approximate surface area is 131 Å². The van der Waals surface area contributed by atoms with E-state index >= 15 is 0 Å². The Balaban J connectivity index is 2.28. The van der Waals surface area contributed by atoms with Gasteiger partial charge in [-0.15, -0.1) is 0 Å². The number of carbonyl (C=O) groups is 1. The first-order valence-electron chi connectivity index (χ1n) is 9.03. The van der Waals surface area contributed by atoms with Crippen molar-refractivity contribution in [1.82, 2.24) is 4.90 Å². The lowest BCUT2D eigenvalue weighted by molar-refractivity contribution is -0.144. The van der Waals surface area contributed by atoms with E-state index in [0.717, 1.165) is 6.54 Å². The summed E-state index contributed by atoms with van der Waals surface area (Å²) in [5.74, 6) is -0.0491. The maximum Gasteiger partial charge on any atom is 0.307 e. The van der Waals surface area contributed by atoms with Gasteiger partial charge in [0.05, 0.1) is 13.0 Å². The van der Waals surface area contributed by atoms with Crippen molar-refractivity contribution in [2.75, 3.05) is 26.2 Å². The zero-order valence-electron chi connectivity index (χ0n) is 14.5. The molecule has 1 fully saturated rings. The molecule has 21 heavy (non-hydrogen) atoms. The van der Waals surface area contributed by atoms with E-state index in [4.69, 9.17) is 4.74 Å². The summed E-state index contributed by atoms with van der Waals surface area (Å²) in [5.41, 5.74) is 0.555. The number of carbonyl (C=O) groups excluding carboxylic acids is 1. The minimum Gasteiger partial charge on any atom is -0.466 e. The molecule has 1 saturated heterocycles. The first-order valence-corrected chi connectivity index (χ1v) is 9.03. The SMILES string of the molecule is CCCCCC1(CCCCC)CN(CCC(=O)OCC)C1. The lowest BCUT2D eigenvalue weighted by Gasteiger charge is -2.51. The van der Waals surface area contributed by atoms with Crippen LogP contribution in [0.3, 0.4) is 0 Å². The molecule has 1 aliphatic rings. The van der Waals surface area contributed by atoms with Gasteiger partial charge >= 0.3 is 5.97 Å². The summed E-state index contributed by atoms with van der Waals surface area (Å²) in [5, 5.41) is 0. The van der Waals surface area contributed by atoms with Crippen LogP contribution in [-0.2, 0) is 9.53 Å². The van der Waals surface area contributed by atoms with Crippen molar-refractivity contribution < 1.29 is 9.53 Å². The van der Waals surface area contributed by atoms with E-state index < -0.39 is 0 Å². The minimum atomic E-state index is -0.0491. The van der Waals surface area contributed by atoms with Crippen molar-refractivity contribution in [2.24, 2.45) is 5.41 Å². The average Bonchev–Trinajstić information content (AvgIpc) is 2.42. The number of hydrogen-bond donors (Lipinski definition) is 0. The average molecular weight is 297 g/mol. The van der Waals surface area contributed by atoms with Gasteiger partial charge in [-0.1, -0.05) is 52.4 Å². The molecule has 0 spiro atoms. The monoisotopic (exact) mass is 297 g/mol. The lowest BCUT2D eigenvalue weighted by atomic mass is 9.71. The molecule has 0 bridgehead atoms. The zero-order valence-corrected chi connectivity index (χ0v) is 14.5. The summed E-state index contributed by atoms with van der Waals surface area (Å²) in [6.07, 6.45) is 11.4. The second-order valence-corrected chi connectivity index (χ2v) is 6.68. The molecular formula is C18H35NO2. The van der Waals surface area contributed by atoms with E-state index in [9.17, 15) is 4.79 Å². The summed E-state index contributed by atoms with van der Waals surface area (Å²) in [7, 11) is 0. The first kappa shape index (κ1) is 18.5. The normalized spacial score (nSPS) is 17.5. The van der Waals surface area contributed by atoms with Gasteiger partial charge in [0, 0.05) is 19.6 Å². The van der Waals surface area contributed by atoms with E-state index in [2.05, 4.69) is 18.7 Å². The van der Waals surface area contributed by atoms with Gasteiger partial charge in [0.2, 0.25) is 0 Å². The fourth-order valence-electron chi connectivity index (χ4n) is 3.48. The molecule has 0 radical (unpaired) electrons. The summed E-state index contributed by atoms with van der Waals surface area (Å²) < 4.78 is 5.01. The fraction of sp³-hybridized carbons (Fsp3) is 0.944. The van der Waals surface area contributed by atoms with Crippen molar-refractivity contribution in [1.29, 1.82) is 0 Å².